The van der Waals surface area contributed by atoms with Gasteiger partial charge in [0.25, 0.3) is 0 Å². The van der Waals surface area contributed by atoms with Crippen LogP contribution in [0.4, 0.5) is 0 Å². The lowest BCUT2D eigenvalue weighted by Gasteiger charge is -2.56. The number of phenols is 1. The number of ether oxygens (including phenoxy) is 2. The number of imidazole rings is 1. The minimum atomic E-state index is 0.0200. The zero-order chi connectivity index (χ0) is 17.9. The van der Waals surface area contributed by atoms with Gasteiger partial charge in [0.05, 0.1) is 14.2 Å². The fourth-order valence-corrected chi connectivity index (χ4v) is 6.21. The number of aromatic nitrogens is 2. The van der Waals surface area contributed by atoms with Crippen molar-refractivity contribution in [3.8, 4) is 28.6 Å². The molecule has 1 aromatic heterocycles. The van der Waals surface area contributed by atoms with E-state index in [-0.39, 0.29) is 5.75 Å². The lowest BCUT2D eigenvalue weighted by Crippen LogP contribution is -2.48. The summed E-state index contributed by atoms with van der Waals surface area (Å²) < 4.78 is 10.6. The second-order valence-electron chi connectivity index (χ2n) is 8.57. The van der Waals surface area contributed by atoms with Gasteiger partial charge in [-0.1, -0.05) is 0 Å². The predicted molar refractivity (Wildman–Crippen MR) is 98.6 cm³/mol. The average Bonchev–Trinajstić information content (AvgIpc) is 3.12. The van der Waals surface area contributed by atoms with Gasteiger partial charge in [0.15, 0.2) is 11.5 Å². The number of aromatic hydroxyl groups is 1. The first-order chi connectivity index (χ1) is 12.6. The summed E-state index contributed by atoms with van der Waals surface area (Å²) in [4.78, 5) is 8.28. The summed E-state index contributed by atoms with van der Waals surface area (Å²) >= 11 is 0. The van der Waals surface area contributed by atoms with E-state index in [9.17, 15) is 5.11 Å². The first kappa shape index (κ1) is 16.0. The molecule has 4 fully saturated rings. The van der Waals surface area contributed by atoms with Crippen LogP contribution in [0.2, 0.25) is 0 Å². The molecule has 0 radical (unpaired) electrons. The summed E-state index contributed by atoms with van der Waals surface area (Å²) in [5.41, 5.74) is 2.45. The van der Waals surface area contributed by atoms with Crippen LogP contribution in [0.15, 0.2) is 18.3 Å². The van der Waals surface area contributed by atoms with Crippen molar-refractivity contribution in [3.05, 3.63) is 24.0 Å². The third-order valence-corrected chi connectivity index (χ3v) is 6.94. The number of rotatable bonds is 4. The zero-order valence-electron chi connectivity index (χ0n) is 15.4. The van der Waals surface area contributed by atoms with E-state index in [4.69, 9.17) is 9.47 Å². The molecule has 0 atom stereocenters. The van der Waals surface area contributed by atoms with Crippen molar-refractivity contribution < 1.29 is 14.6 Å². The van der Waals surface area contributed by atoms with Crippen molar-refractivity contribution in [2.24, 2.45) is 17.8 Å². The van der Waals surface area contributed by atoms with Crippen LogP contribution in [-0.4, -0.2) is 29.3 Å². The average molecular weight is 354 g/mol. The highest BCUT2D eigenvalue weighted by Gasteiger charge is 2.52. The highest BCUT2D eigenvalue weighted by Crippen LogP contribution is 2.60. The minimum Gasteiger partial charge on any atom is -0.502 e. The molecule has 26 heavy (non-hydrogen) atoms. The Hall–Kier alpha value is -2.17. The van der Waals surface area contributed by atoms with Crippen molar-refractivity contribution >= 4 is 0 Å². The molecular formula is C21H26N2O3. The smallest absolute Gasteiger partial charge is 0.200 e. The van der Waals surface area contributed by atoms with Crippen LogP contribution in [0.3, 0.4) is 0 Å². The Morgan fingerprint density at radius 2 is 1.54 bits per heavy atom. The molecular weight excluding hydrogens is 328 g/mol. The fourth-order valence-electron chi connectivity index (χ4n) is 6.21. The summed E-state index contributed by atoms with van der Waals surface area (Å²) in [6.07, 6.45) is 10.3. The van der Waals surface area contributed by atoms with Crippen LogP contribution >= 0.6 is 0 Å². The normalized spacial score (nSPS) is 32.0. The topological polar surface area (TPSA) is 67.4 Å². The molecule has 5 heteroatoms. The van der Waals surface area contributed by atoms with Crippen LogP contribution in [-0.2, 0) is 5.41 Å². The molecule has 4 aliphatic carbocycles. The standard InChI is InChI=1S/C21H26N2O3/c1-25-16-6-15(7-17(26-2)19(16)24)20-22-11-18(23-20)21-8-12-3-13(9-21)5-14(4-12)10-21/h6-7,11-14,24H,3-5,8-10H2,1-2H3,(H,22,23). The van der Waals surface area contributed by atoms with Gasteiger partial charge in [-0.05, 0) is 68.4 Å². The van der Waals surface area contributed by atoms with Crippen molar-refractivity contribution in [1.82, 2.24) is 9.97 Å². The van der Waals surface area contributed by atoms with Gasteiger partial charge in [-0.15, -0.1) is 0 Å². The van der Waals surface area contributed by atoms with Crippen LogP contribution in [0, 0.1) is 17.8 Å². The van der Waals surface area contributed by atoms with E-state index < -0.39 is 0 Å². The molecule has 2 aromatic rings. The van der Waals surface area contributed by atoms with Gasteiger partial charge in [-0.25, -0.2) is 4.98 Å². The van der Waals surface area contributed by atoms with Gasteiger partial charge >= 0.3 is 0 Å². The molecule has 5 nitrogen and oxygen atoms in total. The quantitative estimate of drug-likeness (QED) is 0.860. The van der Waals surface area contributed by atoms with E-state index in [0.29, 0.717) is 16.9 Å². The van der Waals surface area contributed by atoms with E-state index >= 15 is 0 Å². The molecule has 0 unspecified atom stereocenters. The first-order valence-corrected chi connectivity index (χ1v) is 9.61. The van der Waals surface area contributed by atoms with Gasteiger partial charge in [-0.2, -0.15) is 0 Å². The summed E-state index contributed by atoms with van der Waals surface area (Å²) in [5.74, 6) is 4.34. The number of hydrogen-bond acceptors (Lipinski definition) is 4. The molecule has 0 spiro atoms. The number of nitrogens with one attached hydrogen (secondary N) is 1. The van der Waals surface area contributed by atoms with Crippen LogP contribution in [0.25, 0.3) is 11.4 Å². The Morgan fingerprint density at radius 1 is 1.00 bits per heavy atom. The molecule has 1 heterocycles. The lowest BCUT2D eigenvalue weighted by atomic mass is 9.49. The third kappa shape index (κ3) is 2.32. The Labute approximate surface area is 153 Å². The van der Waals surface area contributed by atoms with Gasteiger partial charge in [0.1, 0.15) is 5.82 Å². The Kier molecular flexibility index (Phi) is 3.49. The molecule has 0 amide bonds. The number of aromatic amines is 1. The zero-order valence-corrected chi connectivity index (χ0v) is 15.4. The number of nitrogens with zero attached hydrogens (tertiary/aromatic N) is 1. The molecule has 6 rings (SSSR count). The second kappa shape index (κ2) is 5.66. The van der Waals surface area contributed by atoms with E-state index in [0.717, 1.165) is 29.1 Å². The Balaban J connectivity index is 1.51. The highest BCUT2D eigenvalue weighted by molar-refractivity contribution is 5.66. The fraction of sp³-hybridized carbons (Fsp3) is 0.571. The summed E-state index contributed by atoms with van der Waals surface area (Å²) in [5, 5.41) is 10.1. The maximum atomic E-state index is 10.1. The molecule has 138 valence electrons. The van der Waals surface area contributed by atoms with Crippen LogP contribution < -0.4 is 9.47 Å². The molecule has 0 saturated heterocycles. The summed E-state index contributed by atoms with van der Waals surface area (Å²) in [6.45, 7) is 0. The maximum Gasteiger partial charge on any atom is 0.200 e. The lowest BCUT2D eigenvalue weighted by molar-refractivity contribution is -0.00699. The maximum absolute atomic E-state index is 10.1. The molecule has 4 aliphatic rings. The number of phenolic OH excluding ortho intramolecular Hbond substituents is 1. The van der Waals surface area contributed by atoms with Gasteiger partial charge in [0, 0.05) is 22.9 Å². The van der Waals surface area contributed by atoms with E-state index in [1.165, 1.54) is 44.2 Å². The van der Waals surface area contributed by atoms with Crippen molar-refractivity contribution in [2.75, 3.05) is 14.2 Å². The number of hydrogen-bond donors (Lipinski definition) is 2. The number of benzene rings is 1. The van der Waals surface area contributed by atoms with Gasteiger partial charge in [-0.3, -0.25) is 0 Å². The van der Waals surface area contributed by atoms with Gasteiger partial charge in [0.2, 0.25) is 5.75 Å². The summed E-state index contributed by atoms with van der Waals surface area (Å²) in [7, 11) is 3.09. The molecule has 2 N–H and O–H groups in total. The van der Waals surface area contributed by atoms with Gasteiger partial charge < -0.3 is 19.6 Å². The molecule has 4 saturated carbocycles. The van der Waals surface area contributed by atoms with E-state index in [1.54, 1.807) is 26.4 Å². The minimum absolute atomic E-state index is 0.0200. The summed E-state index contributed by atoms with van der Waals surface area (Å²) in [6, 6.07) is 3.61. The largest absolute Gasteiger partial charge is 0.502 e. The molecule has 1 aromatic carbocycles. The van der Waals surface area contributed by atoms with Crippen LogP contribution in [0.1, 0.15) is 44.2 Å². The van der Waals surface area contributed by atoms with Crippen LogP contribution in [0.5, 0.6) is 17.2 Å². The predicted octanol–water partition coefficient (Wildman–Crippen LogP) is 4.27. The SMILES string of the molecule is COc1cc(-c2ncc(C34CC5CC(CC(C5)C3)C4)[nH]2)cc(OC)c1O. The number of methoxy groups -OCH3 is 2. The molecule has 4 bridgehead atoms. The number of H-pyrrole nitrogens is 1. The third-order valence-electron chi connectivity index (χ3n) is 6.94. The van der Waals surface area contributed by atoms with Crippen molar-refractivity contribution in [1.29, 1.82) is 0 Å². The second-order valence-corrected chi connectivity index (χ2v) is 8.57. The van der Waals surface area contributed by atoms with E-state index in [2.05, 4.69) is 9.97 Å². The van der Waals surface area contributed by atoms with Crippen molar-refractivity contribution in [2.45, 2.75) is 43.9 Å². The highest BCUT2D eigenvalue weighted by atomic mass is 16.5. The van der Waals surface area contributed by atoms with Crippen molar-refractivity contribution in [3.63, 3.8) is 0 Å². The Bertz CT molecular complexity index is 781. The van der Waals surface area contributed by atoms with E-state index in [1.807, 2.05) is 6.20 Å². The monoisotopic (exact) mass is 354 g/mol. The Morgan fingerprint density at radius 3 is 2.04 bits per heavy atom. The first-order valence-electron chi connectivity index (χ1n) is 9.61. The molecule has 0 aliphatic heterocycles.